The van der Waals surface area contributed by atoms with Gasteiger partial charge < -0.3 is 10.2 Å². The minimum Gasteiger partial charge on any atom is -0.342 e. The minimum atomic E-state index is -0.656. The minimum absolute atomic E-state index is 0.0207. The lowest BCUT2D eigenvalue weighted by molar-refractivity contribution is -0.158. The molecule has 1 saturated heterocycles. The molecule has 2 unspecified atom stereocenters. The normalized spacial score (nSPS) is 32.2. The summed E-state index contributed by atoms with van der Waals surface area (Å²) in [4.78, 5) is 26.9. The first-order chi connectivity index (χ1) is 9.02. The van der Waals surface area contributed by atoms with Crippen LogP contribution in [0.25, 0.3) is 0 Å². The molecule has 2 amide bonds. The van der Waals surface area contributed by atoms with E-state index in [1.165, 1.54) is 19.3 Å². The fourth-order valence-electron chi connectivity index (χ4n) is 2.99. The maximum absolute atomic E-state index is 12.6. The van der Waals surface area contributed by atoms with Crippen molar-refractivity contribution in [2.45, 2.75) is 70.9 Å². The molecule has 0 aromatic rings. The summed E-state index contributed by atoms with van der Waals surface area (Å²) < 4.78 is 0. The largest absolute Gasteiger partial charge is 0.342 e. The van der Waals surface area contributed by atoms with Crippen LogP contribution < -0.4 is 5.32 Å². The van der Waals surface area contributed by atoms with Gasteiger partial charge in [0, 0.05) is 6.54 Å². The number of nitrogens with zero attached hydrogens (tertiary/aromatic N) is 1. The predicted octanol–water partition coefficient (Wildman–Crippen LogP) is 2.08. The van der Waals surface area contributed by atoms with Gasteiger partial charge in [-0.3, -0.25) is 9.59 Å². The number of amides is 2. The number of hydrogen-bond donors (Lipinski definition) is 1. The Hall–Kier alpha value is -1.06. The molecule has 0 aromatic heterocycles. The molecule has 108 valence electrons. The van der Waals surface area contributed by atoms with E-state index in [1.807, 2.05) is 25.7 Å². The molecule has 19 heavy (non-hydrogen) atoms. The van der Waals surface area contributed by atoms with Crippen molar-refractivity contribution in [1.29, 1.82) is 0 Å². The zero-order valence-corrected chi connectivity index (χ0v) is 12.4. The number of carbonyl (C=O) groups excluding carboxylic acids is 2. The summed E-state index contributed by atoms with van der Waals surface area (Å²) >= 11 is 0. The number of carbonyl (C=O) groups is 2. The van der Waals surface area contributed by atoms with Crippen molar-refractivity contribution in [2.75, 3.05) is 6.54 Å². The van der Waals surface area contributed by atoms with Crippen LogP contribution in [-0.2, 0) is 9.59 Å². The van der Waals surface area contributed by atoms with Gasteiger partial charge in [-0.05, 0) is 38.5 Å². The first-order valence-corrected chi connectivity index (χ1v) is 7.65. The van der Waals surface area contributed by atoms with Crippen molar-refractivity contribution in [3.05, 3.63) is 0 Å². The van der Waals surface area contributed by atoms with Crippen molar-refractivity contribution in [1.82, 2.24) is 10.2 Å². The molecule has 0 aromatic carbocycles. The topological polar surface area (TPSA) is 49.4 Å². The molecular formula is C15H26N2O2. The van der Waals surface area contributed by atoms with E-state index in [-0.39, 0.29) is 17.9 Å². The van der Waals surface area contributed by atoms with Crippen LogP contribution in [0.2, 0.25) is 0 Å². The molecule has 2 atom stereocenters. The Kier molecular flexibility index (Phi) is 4.16. The SMILES string of the molecule is CCCC1NC(=O)C(C)(CC)N(CC2CCC2)C1=O. The van der Waals surface area contributed by atoms with E-state index in [0.717, 1.165) is 19.4 Å². The van der Waals surface area contributed by atoms with Crippen molar-refractivity contribution < 1.29 is 9.59 Å². The maximum Gasteiger partial charge on any atom is 0.246 e. The van der Waals surface area contributed by atoms with Crippen LogP contribution in [0.15, 0.2) is 0 Å². The molecular weight excluding hydrogens is 240 g/mol. The van der Waals surface area contributed by atoms with Gasteiger partial charge >= 0.3 is 0 Å². The lowest BCUT2D eigenvalue weighted by Crippen LogP contribution is -2.70. The van der Waals surface area contributed by atoms with E-state index in [0.29, 0.717) is 12.3 Å². The van der Waals surface area contributed by atoms with Gasteiger partial charge in [0.2, 0.25) is 11.8 Å². The number of piperazine rings is 1. The molecule has 2 rings (SSSR count). The Labute approximate surface area is 115 Å². The van der Waals surface area contributed by atoms with Gasteiger partial charge in [0.1, 0.15) is 11.6 Å². The van der Waals surface area contributed by atoms with Crippen LogP contribution >= 0.6 is 0 Å². The monoisotopic (exact) mass is 266 g/mol. The van der Waals surface area contributed by atoms with Gasteiger partial charge in [0.25, 0.3) is 0 Å². The van der Waals surface area contributed by atoms with Gasteiger partial charge in [-0.25, -0.2) is 0 Å². The molecule has 1 saturated carbocycles. The van der Waals surface area contributed by atoms with Crippen LogP contribution in [0.1, 0.15) is 59.3 Å². The lowest BCUT2D eigenvalue weighted by atomic mass is 9.82. The average molecular weight is 266 g/mol. The highest BCUT2D eigenvalue weighted by atomic mass is 16.2. The highest BCUT2D eigenvalue weighted by molar-refractivity contribution is 5.99. The Morgan fingerprint density at radius 2 is 2.00 bits per heavy atom. The average Bonchev–Trinajstić information content (AvgIpc) is 2.34. The van der Waals surface area contributed by atoms with Gasteiger partial charge in [-0.1, -0.05) is 26.7 Å². The Bertz CT molecular complexity index is 365. The van der Waals surface area contributed by atoms with E-state index < -0.39 is 5.54 Å². The molecule has 0 bridgehead atoms. The number of rotatable bonds is 5. The highest BCUT2D eigenvalue weighted by Crippen LogP contribution is 2.33. The van der Waals surface area contributed by atoms with Crippen LogP contribution in [0.4, 0.5) is 0 Å². The fraction of sp³-hybridized carbons (Fsp3) is 0.867. The molecule has 1 heterocycles. The quantitative estimate of drug-likeness (QED) is 0.828. The van der Waals surface area contributed by atoms with Crippen LogP contribution in [-0.4, -0.2) is 34.8 Å². The molecule has 0 spiro atoms. The molecule has 1 N–H and O–H groups in total. The summed E-state index contributed by atoms with van der Waals surface area (Å²) in [5.41, 5.74) is -0.656. The number of nitrogens with one attached hydrogen (secondary N) is 1. The Morgan fingerprint density at radius 1 is 1.32 bits per heavy atom. The molecule has 0 radical (unpaired) electrons. The van der Waals surface area contributed by atoms with Crippen LogP contribution in [0, 0.1) is 5.92 Å². The second-order valence-corrected chi connectivity index (χ2v) is 6.19. The molecule has 4 heteroatoms. The summed E-state index contributed by atoms with van der Waals surface area (Å²) in [6.07, 6.45) is 5.99. The predicted molar refractivity (Wildman–Crippen MR) is 74.6 cm³/mol. The van der Waals surface area contributed by atoms with Crippen LogP contribution in [0.3, 0.4) is 0 Å². The van der Waals surface area contributed by atoms with E-state index in [9.17, 15) is 9.59 Å². The lowest BCUT2D eigenvalue weighted by Gasteiger charge is -2.48. The molecule has 1 aliphatic heterocycles. The van der Waals surface area contributed by atoms with Crippen molar-refractivity contribution in [2.24, 2.45) is 5.92 Å². The maximum atomic E-state index is 12.6. The summed E-state index contributed by atoms with van der Waals surface area (Å²) in [5.74, 6) is 0.744. The van der Waals surface area contributed by atoms with Crippen molar-refractivity contribution in [3.8, 4) is 0 Å². The first kappa shape index (κ1) is 14.4. The molecule has 2 fully saturated rings. The highest BCUT2D eigenvalue weighted by Gasteiger charge is 2.48. The smallest absolute Gasteiger partial charge is 0.246 e. The third-order valence-corrected chi connectivity index (χ3v) is 4.89. The second kappa shape index (κ2) is 5.51. The third-order valence-electron chi connectivity index (χ3n) is 4.89. The Morgan fingerprint density at radius 3 is 2.47 bits per heavy atom. The van der Waals surface area contributed by atoms with Crippen molar-refractivity contribution >= 4 is 11.8 Å². The fourth-order valence-corrected chi connectivity index (χ4v) is 2.99. The summed E-state index contributed by atoms with van der Waals surface area (Å²) in [7, 11) is 0. The standard InChI is InChI=1S/C15H26N2O2/c1-4-7-12-13(18)17(10-11-8-6-9-11)15(3,5-2)14(19)16-12/h11-12H,4-10H2,1-3H3,(H,16,19). The third kappa shape index (κ3) is 2.49. The van der Waals surface area contributed by atoms with E-state index in [2.05, 4.69) is 5.32 Å². The molecule has 1 aliphatic carbocycles. The summed E-state index contributed by atoms with van der Waals surface area (Å²) in [6, 6.07) is -0.308. The van der Waals surface area contributed by atoms with Crippen LogP contribution in [0.5, 0.6) is 0 Å². The van der Waals surface area contributed by atoms with E-state index >= 15 is 0 Å². The van der Waals surface area contributed by atoms with Crippen molar-refractivity contribution in [3.63, 3.8) is 0 Å². The van der Waals surface area contributed by atoms with Gasteiger partial charge in [-0.15, -0.1) is 0 Å². The summed E-state index contributed by atoms with van der Waals surface area (Å²) in [5, 5.41) is 2.92. The van der Waals surface area contributed by atoms with E-state index in [4.69, 9.17) is 0 Å². The second-order valence-electron chi connectivity index (χ2n) is 6.19. The first-order valence-electron chi connectivity index (χ1n) is 7.65. The summed E-state index contributed by atoms with van der Waals surface area (Å²) in [6.45, 7) is 6.70. The van der Waals surface area contributed by atoms with E-state index in [1.54, 1.807) is 0 Å². The van der Waals surface area contributed by atoms with Gasteiger partial charge in [0.05, 0.1) is 0 Å². The Balaban J connectivity index is 2.18. The number of hydrogen-bond acceptors (Lipinski definition) is 2. The van der Waals surface area contributed by atoms with Gasteiger partial charge in [-0.2, -0.15) is 0 Å². The zero-order chi connectivity index (χ0) is 14.0. The molecule has 4 nitrogen and oxygen atoms in total. The zero-order valence-electron chi connectivity index (χ0n) is 12.4. The van der Waals surface area contributed by atoms with Gasteiger partial charge in [0.15, 0.2) is 0 Å². The molecule has 2 aliphatic rings.